The van der Waals surface area contributed by atoms with E-state index in [1.807, 2.05) is 0 Å². The van der Waals surface area contributed by atoms with Gasteiger partial charge in [0.2, 0.25) is 0 Å². The fourth-order valence-electron chi connectivity index (χ4n) is 1.95. The highest BCUT2D eigenvalue weighted by molar-refractivity contribution is 9.11. The van der Waals surface area contributed by atoms with Gasteiger partial charge in [0.15, 0.2) is 0 Å². The Morgan fingerprint density at radius 1 is 1.41 bits per heavy atom. The van der Waals surface area contributed by atoms with Crippen molar-refractivity contribution in [2.24, 2.45) is 17.1 Å². The summed E-state index contributed by atoms with van der Waals surface area (Å²) in [4.78, 5) is 1.36. The Labute approximate surface area is 117 Å². The smallest absolute Gasteiger partial charge is 0.0701 e. The summed E-state index contributed by atoms with van der Waals surface area (Å²) in [6.07, 6.45) is 1.17. The molecule has 1 aromatic rings. The minimum Gasteiger partial charge on any atom is -0.330 e. The number of thiophene rings is 1. The lowest BCUT2D eigenvalue weighted by Crippen LogP contribution is -2.30. The first kappa shape index (κ1) is 15.2. The molecule has 1 atom stereocenters. The van der Waals surface area contributed by atoms with Crippen molar-refractivity contribution >= 4 is 27.3 Å². The highest BCUT2D eigenvalue weighted by atomic mass is 79.9. The van der Waals surface area contributed by atoms with Crippen LogP contribution in [0.1, 0.15) is 32.1 Å². The second kappa shape index (κ2) is 6.88. The van der Waals surface area contributed by atoms with Gasteiger partial charge in [0.05, 0.1) is 3.79 Å². The molecule has 1 heterocycles. The first-order valence-corrected chi connectivity index (χ1v) is 7.66. The molecule has 1 aromatic heterocycles. The SMILES string of the molecule is CC(C)(C)CC(CN)CNCc1ccc(Br)s1. The van der Waals surface area contributed by atoms with Gasteiger partial charge in [-0.3, -0.25) is 0 Å². The fourth-order valence-corrected chi connectivity index (χ4v) is 3.40. The van der Waals surface area contributed by atoms with Gasteiger partial charge >= 0.3 is 0 Å². The van der Waals surface area contributed by atoms with Gasteiger partial charge in [-0.25, -0.2) is 0 Å². The molecule has 0 aliphatic carbocycles. The van der Waals surface area contributed by atoms with E-state index in [0.29, 0.717) is 11.3 Å². The van der Waals surface area contributed by atoms with Crippen LogP contribution in [0.15, 0.2) is 15.9 Å². The number of hydrogen-bond donors (Lipinski definition) is 2. The van der Waals surface area contributed by atoms with E-state index in [4.69, 9.17) is 5.73 Å². The Balaban J connectivity index is 2.28. The molecule has 1 rings (SSSR count). The van der Waals surface area contributed by atoms with Crippen LogP contribution >= 0.6 is 27.3 Å². The molecule has 1 unspecified atom stereocenters. The van der Waals surface area contributed by atoms with Crippen LogP contribution in [0.4, 0.5) is 0 Å². The van der Waals surface area contributed by atoms with E-state index in [9.17, 15) is 0 Å². The number of rotatable bonds is 6. The van der Waals surface area contributed by atoms with E-state index in [1.165, 1.54) is 15.1 Å². The number of nitrogens with two attached hydrogens (primary N) is 1. The quantitative estimate of drug-likeness (QED) is 0.840. The standard InChI is InChI=1S/C13H23BrN2S/c1-13(2,3)6-10(7-15)8-16-9-11-4-5-12(14)17-11/h4-5,10,16H,6-9,15H2,1-3H3. The number of hydrogen-bond acceptors (Lipinski definition) is 3. The zero-order chi connectivity index (χ0) is 12.9. The topological polar surface area (TPSA) is 38.0 Å². The van der Waals surface area contributed by atoms with Gasteiger partial charge in [-0.15, -0.1) is 11.3 Å². The van der Waals surface area contributed by atoms with E-state index in [1.54, 1.807) is 11.3 Å². The fraction of sp³-hybridized carbons (Fsp3) is 0.692. The summed E-state index contributed by atoms with van der Waals surface area (Å²) in [5, 5.41) is 3.50. The van der Waals surface area contributed by atoms with Crippen molar-refractivity contribution in [3.63, 3.8) is 0 Å². The number of halogens is 1. The Bertz CT molecular complexity index is 330. The van der Waals surface area contributed by atoms with Crippen LogP contribution in [-0.4, -0.2) is 13.1 Å². The van der Waals surface area contributed by atoms with Gasteiger partial charge < -0.3 is 11.1 Å². The third-order valence-corrected chi connectivity index (χ3v) is 4.22. The normalized spacial score (nSPS) is 13.9. The van der Waals surface area contributed by atoms with Crippen molar-refractivity contribution in [3.05, 3.63) is 20.8 Å². The van der Waals surface area contributed by atoms with Crippen molar-refractivity contribution in [3.8, 4) is 0 Å². The molecular weight excluding hydrogens is 296 g/mol. The van der Waals surface area contributed by atoms with Crippen molar-refractivity contribution in [1.29, 1.82) is 0 Å². The lowest BCUT2D eigenvalue weighted by atomic mass is 9.84. The van der Waals surface area contributed by atoms with Gasteiger partial charge in [-0.1, -0.05) is 20.8 Å². The largest absolute Gasteiger partial charge is 0.330 e. The van der Waals surface area contributed by atoms with Crippen molar-refractivity contribution in [2.75, 3.05) is 13.1 Å². The first-order chi connectivity index (χ1) is 7.90. The van der Waals surface area contributed by atoms with Crippen molar-refractivity contribution < 1.29 is 0 Å². The van der Waals surface area contributed by atoms with Crippen LogP contribution in [0.2, 0.25) is 0 Å². The van der Waals surface area contributed by atoms with E-state index in [2.05, 4.69) is 54.2 Å². The van der Waals surface area contributed by atoms with Crippen molar-refractivity contribution in [2.45, 2.75) is 33.7 Å². The summed E-state index contributed by atoms with van der Waals surface area (Å²) < 4.78 is 1.19. The molecule has 0 fully saturated rings. The Morgan fingerprint density at radius 2 is 2.12 bits per heavy atom. The molecule has 0 aliphatic heterocycles. The summed E-state index contributed by atoms with van der Waals surface area (Å²) in [6.45, 7) is 9.52. The zero-order valence-electron chi connectivity index (χ0n) is 10.9. The lowest BCUT2D eigenvalue weighted by Gasteiger charge is -2.25. The Hall–Kier alpha value is 0.1000. The molecule has 2 nitrogen and oxygen atoms in total. The average Bonchev–Trinajstić information content (AvgIpc) is 2.61. The van der Waals surface area contributed by atoms with E-state index < -0.39 is 0 Å². The molecule has 0 aliphatic rings. The van der Waals surface area contributed by atoms with Crippen LogP contribution in [0.5, 0.6) is 0 Å². The maximum Gasteiger partial charge on any atom is 0.0701 e. The highest BCUT2D eigenvalue weighted by Gasteiger charge is 2.17. The van der Waals surface area contributed by atoms with Crippen LogP contribution in [0.25, 0.3) is 0 Å². The molecule has 0 radical (unpaired) electrons. The van der Waals surface area contributed by atoms with Crippen LogP contribution < -0.4 is 11.1 Å². The monoisotopic (exact) mass is 318 g/mol. The molecule has 0 saturated carbocycles. The molecule has 0 aromatic carbocycles. The van der Waals surface area contributed by atoms with Gasteiger partial charge in [0.25, 0.3) is 0 Å². The van der Waals surface area contributed by atoms with Crippen LogP contribution in [-0.2, 0) is 6.54 Å². The summed E-state index contributed by atoms with van der Waals surface area (Å²) in [5.41, 5.74) is 6.18. The lowest BCUT2D eigenvalue weighted by molar-refractivity contribution is 0.290. The third-order valence-electron chi connectivity index (χ3n) is 2.60. The van der Waals surface area contributed by atoms with E-state index in [-0.39, 0.29) is 0 Å². The zero-order valence-corrected chi connectivity index (χ0v) is 13.3. The molecule has 0 spiro atoms. The van der Waals surface area contributed by atoms with E-state index in [0.717, 1.165) is 19.6 Å². The predicted molar refractivity (Wildman–Crippen MR) is 80.3 cm³/mol. The molecule has 98 valence electrons. The highest BCUT2D eigenvalue weighted by Crippen LogP contribution is 2.24. The van der Waals surface area contributed by atoms with Gasteiger partial charge in [0, 0.05) is 11.4 Å². The maximum absolute atomic E-state index is 5.82. The van der Waals surface area contributed by atoms with Gasteiger partial charge in [0.1, 0.15) is 0 Å². The van der Waals surface area contributed by atoms with Gasteiger partial charge in [-0.05, 0) is 58.9 Å². The minimum atomic E-state index is 0.359. The van der Waals surface area contributed by atoms with Gasteiger partial charge in [-0.2, -0.15) is 0 Å². The number of nitrogens with one attached hydrogen (secondary N) is 1. The van der Waals surface area contributed by atoms with Crippen LogP contribution in [0, 0.1) is 11.3 Å². The summed E-state index contributed by atoms with van der Waals surface area (Å²) in [7, 11) is 0. The first-order valence-electron chi connectivity index (χ1n) is 6.06. The molecule has 0 saturated heterocycles. The Morgan fingerprint density at radius 3 is 2.59 bits per heavy atom. The second-order valence-corrected chi connectivity index (χ2v) is 8.25. The van der Waals surface area contributed by atoms with Crippen LogP contribution in [0.3, 0.4) is 0 Å². The molecule has 0 amide bonds. The Kier molecular flexibility index (Phi) is 6.13. The average molecular weight is 319 g/mol. The minimum absolute atomic E-state index is 0.359. The van der Waals surface area contributed by atoms with Crippen molar-refractivity contribution in [1.82, 2.24) is 5.32 Å². The molecule has 17 heavy (non-hydrogen) atoms. The molecule has 4 heteroatoms. The van der Waals surface area contributed by atoms with E-state index >= 15 is 0 Å². The summed E-state index contributed by atoms with van der Waals surface area (Å²) >= 11 is 5.26. The molecule has 3 N–H and O–H groups in total. The molecular formula is C13H23BrN2S. The third kappa shape index (κ3) is 6.55. The summed E-state index contributed by atoms with van der Waals surface area (Å²) in [6, 6.07) is 4.25. The second-order valence-electron chi connectivity index (χ2n) is 5.70. The predicted octanol–water partition coefficient (Wildman–Crippen LogP) is 3.61. The maximum atomic E-state index is 5.82. The molecule has 0 bridgehead atoms. The summed E-state index contributed by atoms with van der Waals surface area (Å²) in [5.74, 6) is 0.568.